The Bertz CT molecular complexity index is 691. The molecule has 7 nitrogen and oxygen atoms in total. The lowest BCUT2D eigenvalue weighted by Crippen LogP contribution is -2.25. The van der Waals surface area contributed by atoms with Crippen LogP contribution >= 0.6 is 0 Å². The van der Waals surface area contributed by atoms with Crippen LogP contribution in [0.25, 0.3) is 0 Å². The lowest BCUT2D eigenvalue weighted by molar-refractivity contribution is -0.384. The van der Waals surface area contributed by atoms with Crippen molar-refractivity contribution in [2.75, 3.05) is 5.73 Å². The van der Waals surface area contributed by atoms with Crippen molar-refractivity contribution in [2.24, 2.45) is 0 Å². The molecule has 0 saturated heterocycles. The summed E-state index contributed by atoms with van der Waals surface area (Å²) >= 11 is 0. The summed E-state index contributed by atoms with van der Waals surface area (Å²) in [5.74, 6) is -1.75. The number of hydrogen-bond donors (Lipinski definition) is 2. The Hall–Kier alpha value is -3.03. The van der Waals surface area contributed by atoms with E-state index in [9.17, 15) is 19.3 Å². The van der Waals surface area contributed by atoms with Crippen LogP contribution in [0.5, 0.6) is 0 Å². The highest BCUT2D eigenvalue weighted by molar-refractivity contribution is 6.01. The number of nitro groups is 1. The Morgan fingerprint density at radius 2 is 2.14 bits per heavy atom. The first kappa shape index (κ1) is 14.4. The minimum absolute atomic E-state index is 0.0568. The third-order valence-corrected chi connectivity index (χ3v) is 2.75. The van der Waals surface area contributed by atoms with E-state index >= 15 is 0 Å². The van der Waals surface area contributed by atoms with Gasteiger partial charge in [-0.1, -0.05) is 6.07 Å². The van der Waals surface area contributed by atoms with E-state index < -0.39 is 33.6 Å². The zero-order valence-corrected chi connectivity index (χ0v) is 10.7. The topological polar surface area (TPSA) is 111 Å². The van der Waals surface area contributed by atoms with Crippen LogP contribution in [0.1, 0.15) is 16.1 Å². The van der Waals surface area contributed by atoms with E-state index in [1.165, 1.54) is 0 Å². The van der Waals surface area contributed by atoms with Crippen molar-refractivity contribution in [1.82, 2.24) is 10.3 Å². The molecule has 21 heavy (non-hydrogen) atoms. The highest BCUT2D eigenvalue weighted by Gasteiger charge is 2.23. The number of nitrogens with zero attached hydrogens (tertiary/aromatic N) is 2. The second kappa shape index (κ2) is 5.95. The minimum Gasteiger partial charge on any atom is -0.392 e. The number of nitrogen functional groups attached to an aromatic ring is 1. The fraction of sp³-hybridized carbons (Fsp3) is 0.0769. The Labute approximate surface area is 118 Å². The van der Waals surface area contributed by atoms with Crippen LogP contribution in [0.3, 0.4) is 0 Å². The lowest BCUT2D eigenvalue weighted by Gasteiger charge is -2.08. The maximum absolute atomic E-state index is 13.7. The predicted molar refractivity (Wildman–Crippen MR) is 72.9 cm³/mol. The first-order valence-corrected chi connectivity index (χ1v) is 5.91. The summed E-state index contributed by atoms with van der Waals surface area (Å²) in [5, 5.41) is 13.2. The molecular weight excluding hydrogens is 279 g/mol. The molecule has 0 aliphatic heterocycles. The van der Waals surface area contributed by atoms with Gasteiger partial charge >= 0.3 is 0 Å². The number of nitro benzene ring substituents is 1. The minimum atomic E-state index is -0.920. The Kier molecular flexibility index (Phi) is 4.07. The van der Waals surface area contributed by atoms with E-state index in [2.05, 4.69) is 10.3 Å². The van der Waals surface area contributed by atoms with Crippen molar-refractivity contribution in [1.29, 1.82) is 0 Å². The van der Waals surface area contributed by atoms with E-state index in [1.54, 1.807) is 24.4 Å². The standard InChI is InChI=1S/C13H11FN4O3/c14-9-4-5-10(18(20)21)12(15)11(9)13(19)17-7-8-3-1-2-6-16-8/h1-6H,7,15H2,(H,17,19). The monoisotopic (exact) mass is 290 g/mol. The molecule has 0 unspecified atom stereocenters. The molecule has 0 fully saturated rings. The molecule has 0 atom stereocenters. The average molecular weight is 290 g/mol. The summed E-state index contributed by atoms with van der Waals surface area (Å²) in [6.07, 6.45) is 1.55. The molecule has 2 aromatic rings. The van der Waals surface area contributed by atoms with Crippen LogP contribution in [-0.4, -0.2) is 15.8 Å². The summed E-state index contributed by atoms with van der Waals surface area (Å²) in [7, 11) is 0. The van der Waals surface area contributed by atoms with Gasteiger partial charge in [-0.05, 0) is 18.2 Å². The van der Waals surface area contributed by atoms with E-state index in [1.807, 2.05) is 0 Å². The summed E-state index contributed by atoms with van der Waals surface area (Å²) in [6.45, 7) is 0.0568. The molecule has 1 aromatic heterocycles. The number of benzene rings is 1. The molecule has 0 aliphatic rings. The number of nitrogens with one attached hydrogen (secondary N) is 1. The van der Waals surface area contributed by atoms with Crippen LogP contribution in [0.2, 0.25) is 0 Å². The van der Waals surface area contributed by atoms with Gasteiger partial charge in [0.15, 0.2) is 0 Å². The zero-order valence-electron chi connectivity index (χ0n) is 10.7. The maximum atomic E-state index is 13.7. The number of pyridine rings is 1. The number of halogens is 1. The molecule has 0 bridgehead atoms. The number of carbonyl (C=O) groups excluding carboxylic acids is 1. The largest absolute Gasteiger partial charge is 0.392 e. The molecule has 1 aromatic carbocycles. The van der Waals surface area contributed by atoms with E-state index in [4.69, 9.17) is 5.73 Å². The molecule has 108 valence electrons. The van der Waals surface area contributed by atoms with Gasteiger partial charge in [0.05, 0.1) is 17.2 Å². The fourth-order valence-corrected chi connectivity index (χ4v) is 1.73. The number of carbonyl (C=O) groups is 1. The van der Waals surface area contributed by atoms with E-state index in [0.717, 1.165) is 12.1 Å². The van der Waals surface area contributed by atoms with Gasteiger partial charge in [0.2, 0.25) is 0 Å². The second-order valence-electron chi connectivity index (χ2n) is 4.12. The van der Waals surface area contributed by atoms with Crippen LogP contribution in [0.4, 0.5) is 15.8 Å². The quantitative estimate of drug-likeness (QED) is 0.505. The van der Waals surface area contributed by atoms with Crippen LogP contribution in [0, 0.1) is 15.9 Å². The van der Waals surface area contributed by atoms with Gasteiger partial charge in [-0.3, -0.25) is 19.9 Å². The van der Waals surface area contributed by atoms with Crippen LogP contribution < -0.4 is 11.1 Å². The van der Waals surface area contributed by atoms with Gasteiger partial charge in [0.25, 0.3) is 11.6 Å². The number of hydrogen-bond acceptors (Lipinski definition) is 5. The van der Waals surface area contributed by atoms with Gasteiger partial charge in [-0.25, -0.2) is 4.39 Å². The number of amides is 1. The molecule has 8 heteroatoms. The highest BCUT2D eigenvalue weighted by atomic mass is 19.1. The summed E-state index contributed by atoms with van der Waals surface area (Å²) in [6, 6.07) is 6.87. The van der Waals surface area contributed by atoms with Crippen molar-refractivity contribution in [3.8, 4) is 0 Å². The molecule has 1 heterocycles. The van der Waals surface area contributed by atoms with Crippen LogP contribution in [0.15, 0.2) is 36.5 Å². The summed E-state index contributed by atoms with van der Waals surface area (Å²) in [5.41, 5.74) is 4.50. The van der Waals surface area contributed by atoms with E-state index in [0.29, 0.717) is 5.69 Å². The molecule has 3 N–H and O–H groups in total. The van der Waals surface area contributed by atoms with Crippen molar-refractivity contribution in [3.63, 3.8) is 0 Å². The molecule has 0 radical (unpaired) electrons. The SMILES string of the molecule is Nc1c([N+](=O)[O-])ccc(F)c1C(=O)NCc1ccccn1. The summed E-state index contributed by atoms with van der Waals surface area (Å²) in [4.78, 5) is 25.9. The first-order valence-electron chi connectivity index (χ1n) is 5.91. The normalized spacial score (nSPS) is 10.1. The smallest absolute Gasteiger partial charge is 0.293 e. The third kappa shape index (κ3) is 3.11. The Morgan fingerprint density at radius 3 is 2.76 bits per heavy atom. The van der Waals surface area contributed by atoms with Crippen molar-refractivity contribution in [2.45, 2.75) is 6.54 Å². The number of nitrogens with two attached hydrogens (primary N) is 1. The highest BCUT2D eigenvalue weighted by Crippen LogP contribution is 2.27. The molecule has 2 rings (SSSR count). The molecule has 0 saturated carbocycles. The number of rotatable bonds is 4. The molecule has 0 spiro atoms. The van der Waals surface area contributed by atoms with Crippen molar-refractivity contribution < 1.29 is 14.1 Å². The molecule has 1 amide bonds. The van der Waals surface area contributed by atoms with Gasteiger partial charge in [0, 0.05) is 12.3 Å². The van der Waals surface area contributed by atoms with Gasteiger partial charge < -0.3 is 11.1 Å². The maximum Gasteiger partial charge on any atom is 0.293 e. The average Bonchev–Trinajstić information content (AvgIpc) is 2.46. The fourth-order valence-electron chi connectivity index (χ4n) is 1.73. The molecule has 0 aliphatic carbocycles. The van der Waals surface area contributed by atoms with Crippen molar-refractivity contribution >= 4 is 17.3 Å². The number of aromatic nitrogens is 1. The lowest BCUT2D eigenvalue weighted by atomic mass is 10.1. The first-order chi connectivity index (χ1) is 10.0. The third-order valence-electron chi connectivity index (χ3n) is 2.75. The van der Waals surface area contributed by atoms with Gasteiger partial charge in [-0.15, -0.1) is 0 Å². The second-order valence-corrected chi connectivity index (χ2v) is 4.12. The van der Waals surface area contributed by atoms with E-state index in [-0.39, 0.29) is 6.54 Å². The van der Waals surface area contributed by atoms with Crippen molar-refractivity contribution in [3.05, 3.63) is 63.7 Å². The molecular formula is C13H11FN4O3. The van der Waals surface area contributed by atoms with Crippen LogP contribution in [-0.2, 0) is 6.54 Å². The van der Waals surface area contributed by atoms with Gasteiger partial charge in [-0.2, -0.15) is 0 Å². The Balaban J connectivity index is 2.23. The Morgan fingerprint density at radius 1 is 1.38 bits per heavy atom. The summed E-state index contributed by atoms with van der Waals surface area (Å²) < 4.78 is 13.7. The zero-order chi connectivity index (χ0) is 15.4. The number of anilines is 1. The predicted octanol–water partition coefficient (Wildman–Crippen LogP) is 1.64. The van der Waals surface area contributed by atoms with Gasteiger partial charge in [0.1, 0.15) is 17.1 Å².